The van der Waals surface area contributed by atoms with E-state index >= 15 is 0 Å². The SMILES string of the molecule is C=CC(=O)N[C@H]1CCCC1NC(=O)c1sc2nccc3c2c1NC(=O)N3c1cnc(Oc2cccnn2)cc1C. The Kier molecular flexibility index (Phi) is 6.56. The van der Waals surface area contributed by atoms with Gasteiger partial charge in [-0.2, -0.15) is 5.10 Å². The van der Waals surface area contributed by atoms with Crippen LogP contribution < -0.4 is 25.6 Å². The van der Waals surface area contributed by atoms with Crippen molar-refractivity contribution < 1.29 is 19.1 Å². The van der Waals surface area contributed by atoms with Crippen LogP contribution in [0.2, 0.25) is 0 Å². The van der Waals surface area contributed by atoms with Crippen LogP contribution >= 0.6 is 11.3 Å². The Morgan fingerprint density at radius 1 is 1.15 bits per heavy atom. The Hall–Kier alpha value is -4.91. The van der Waals surface area contributed by atoms with E-state index in [4.69, 9.17) is 4.74 Å². The fourth-order valence-electron chi connectivity index (χ4n) is 5.03. The predicted molar refractivity (Wildman–Crippen MR) is 149 cm³/mol. The van der Waals surface area contributed by atoms with Crippen molar-refractivity contribution in [1.29, 1.82) is 0 Å². The summed E-state index contributed by atoms with van der Waals surface area (Å²) in [6.45, 7) is 5.34. The molecule has 202 valence electrons. The first kappa shape index (κ1) is 25.4. The van der Waals surface area contributed by atoms with Gasteiger partial charge in [-0.15, -0.1) is 16.4 Å². The molecule has 2 atom stereocenters. The summed E-state index contributed by atoms with van der Waals surface area (Å²) in [6, 6.07) is 5.97. The normalized spacial score (nSPS) is 17.8. The number of rotatable bonds is 7. The third-order valence-electron chi connectivity index (χ3n) is 6.85. The molecule has 0 radical (unpaired) electrons. The van der Waals surface area contributed by atoms with Gasteiger partial charge >= 0.3 is 6.03 Å². The quantitative estimate of drug-likeness (QED) is 0.286. The standard InChI is InChI=1S/C27H24N8O4S/c1-3-19(36)31-15-6-4-7-16(15)32-25(37)24-23-22-17(9-11-28-26(22)40-24)35(27(38)33-23)18-13-29-21(12-14(18)2)39-20-8-5-10-30-34-20/h3,5,8-13,15-16H,1,4,6-7H2,2H3,(H,31,36)(H,32,37)(H,33,38)/t15-,16?/m0/s1. The van der Waals surface area contributed by atoms with E-state index in [0.29, 0.717) is 43.9 Å². The van der Waals surface area contributed by atoms with Crippen molar-refractivity contribution >= 4 is 56.5 Å². The molecule has 1 aliphatic heterocycles. The molecule has 1 saturated carbocycles. The molecule has 4 amide bonds. The van der Waals surface area contributed by atoms with Gasteiger partial charge < -0.3 is 20.7 Å². The van der Waals surface area contributed by atoms with E-state index in [-0.39, 0.29) is 23.9 Å². The number of amides is 4. The van der Waals surface area contributed by atoms with Crippen molar-refractivity contribution in [2.24, 2.45) is 0 Å². The van der Waals surface area contributed by atoms with E-state index in [1.54, 1.807) is 42.9 Å². The Labute approximate surface area is 232 Å². The fourth-order valence-corrected chi connectivity index (χ4v) is 6.05. The second-order valence-electron chi connectivity index (χ2n) is 9.39. The molecule has 6 rings (SSSR count). The molecule has 1 unspecified atom stereocenters. The van der Waals surface area contributed by atoms with Crippen LogP contribution in [0, 0.1) is 6.92 Å². The summed E-state index contributed by atoms with van der Waals surface area (Å²) in [5, 5.41) is 17.2. The van der Waals surface area contributed by atoms with Crippen molar-refractivity contribution in [3.05, 3.63) is 66.0 Å². The highest BCUT2D eigenvalue weighted by Crippen LogP contribution is 2.46. The van der Waals surface area contributed by atoms with Gasteiger partial charge in [0.25, 0.3) is 5.91 Å². The van der Waals surface area contributed by atoms with E-state index in [2.05, 4.69) is 42.7 Å². The van der Waals surface area contributed by atoms with Gasteiger partial charge in [-0.05, 0) is 50.0 Å². The van der Waals surface area contributed by atoms with Gasteiger partial charge in [-0.25, -0.2) is 14.8 Å². The molecule has 2 aliphatic rings. The van der Waals surface area contributed by atoms with Crippen molar-refractivity contribution in [3.8, 4) is 11.8 Å². The number of anilines is 3. The van der Waals surface area contributed by atoms with Crippen molar-refractivity contribution in [1.82, 2.24) is 30.8 Å². The minimum Gasteiger partial charge on any atom is -0.419 e. The van der Waals surface area contributed by atoms with Crippen molar-refractivity contribution in [3.63, 3.8) is 0 Å². The minimum atomic E-state index is -0.433. The van der Waals surface area contributed by atoms with Gasteiger partial charge in [-0.3, -0.25) is 14.5 Å². The summed E-state index contributed by atoms with van der Waals surface area (Å²) in [6.07, 6.45) is 8.30. The molecule has 3 N–H and O–H groups in total. The maximum Gasteiger partial charge on any atom is 0.331 e. The molecular weight excluding hydrogens is 532 g/mol. The summed E-state index contributed by atoms with van der Waals surface area (Å²) in [4.78, 5) is 50.0. The van der Waals surface area contributed by atoms with Gasteiger partial charge in [0.2, 0.25) is 17.7 Å². The van der Waals surface area contributed by atoms with Gasteiger partial charge in [0, 0.05) is 36.6 Å². The minimum absolute atomic E-state index is 0.185. The number of nitrogens with zero attached hydrogens (tertiary/aromatic N) is 5. The third kappa shape index (κ3) is 4.60. The lowest BCUT2D eigenvalue weighted by atomic mass is 10.1. The van der Waals surface area contributed by atoms with E-state index in [9.17, 15) is 14.4 Å². The Morgan fingerprint density at radius 2 is 1.98 bits per heavy atom. The molecule has 1 fully saturated rings. The molecular formula is C27H24N8O4S. The first-order valence-electron chi connectivity index (χ1n) is 12.6. The molecule has 0 bridgehead atoms. The smallest absolute Gasteiger partial charge is 0.331 e. The molecule has 4 aromatic heterocycles. The number of aryl methyl sites for hydroxylation is 1. The van der Waals surface area contributed by atoms with Crippen LogP contribution in [0.25, 0.3) is 10.2 Å². The van der Waals surface area contributed by atoms with Gasteiger partial charge in [0.1, 0.15) is 9.71 Å². The molecule has 0 aromatic carbocycles. The first-order chi connectivity index (χ1) is 19.4. The molecule has 1 aliphatic carbocycles. The Morgan fingerprint density at radius 3 is 2.73 bits per heavy atom. The average Bonchev–Trinajstić information content (AvgIpc) is 3.55. The summed E-state index contributed by atoms with van der Waals surface area (Å²) in [5.41, 5.74) is 2.29. The maximum atomic E-state index is 13.5. The number of hydrogen-bond acceptors (Lipinski definition) is 9. The lowest BCUT2D eigenvalue weighted by molar-refractivity contribution is -0.117. The number of ether oxygens (including phenoxy) is 1. The van der Waals surface area contributed by atoms with Gasteiger partial charge in [-0.1, -0.05) is 6.58 Å². The topological polar surface area (TPSA) is 151 Å². The number of aromatic nitrogens is 4. The Balaban J connectivity index is 1.30. The van der Waals surface area contributed by atoms with Crippen LogP contribution in [0.1, 0.15) is 34.5 Å². The highest BCUT2D eigenvalue weighted by molar-refractivity contribution is 7.21. The predicted octanol–water partition coefficient (Wildman–Crippen LogP) is 4.22. The van der Waals surface area contributed by atoms with E-state index in [1.165, 1.54) is 22.3 Å². The molecule has 4 aromatic rings. The van der Waals surface area contributed by atoms with E-state index < -0.39 is 6.03 Å². The number of carbonyl (C=O) groups excluding carboxylic acids is 3. The molecule has 13 heteroatoms. The number of carbonyl (C=O) groups is 3. The van der Waals surface area contributed by atoms with Crippen LogP contribution in [0.5, 0.6) is 11.8 Å². The highest BCUT2D eigenvalue weighted by Gasteiger charge is 2.35. The lowest BCUT2D eigenvalue weighted by Crippen LogP contribution is -2.48. The first-order valence-corrected chi connectivity index (χ1v) is 13.4. The summed E-state index contributed by atoms with van der Waals surface area (Å²) in [5.74, 6) is 0.00592. The lowest BCUT2D eigenvalue weighted by Gasteiger charge is -2.29. The summed E-state index contributed by atoms with van der Waals surface area (Å²) >= 11 is 1.20. The fraction of sp³-hybridized carbons (Fsp3) is 0.222. The number of thiophene rings is 1. The second-order valence-corrected chi connectivity index (χ2v) is 10.4. The molecule has 40 heavy (non-hydrogen) atoms. The van der Waals surface area contributed by atoms with Gasteiger partial charge in [0.05, 0.1) is 28.6 Å². The number of nitrogens with one attached hydrogen (secondary N) is 3. The van der Waals surface area contributed by atoms with Crippen LogP contribution in [0.3, 0.4) is 0 Å². The van der Waals surface area contributed by atoms with Gasteiger partial charge in [0.15, 0.2) is 0 Å². The zero-order chi connectivity index (χ0) is 27.8. The zero-order valence-corrected chi connectivity index (χ0v) is 22.2. The maximum absolute atomic E-state index is 13.5. The van der Waals surface area contributed by atoms with E-state index in [1.807, 2.05) is 6.92 Å². The average molecular weight is 557 g/mol. The largest absolute Gasteiger partial charge is 0.419 e. The number of urea groups is 1. The molecule has 12 nitrogen and oxygen atoms in total. The number of hydrogen-bond donors (Lipinski definition) is 3. The van der Waals surface area contributed by atoms with Crippen LogP contribution in [0.15, 0.2) is 55.5 Å². The van der Waals surface area contributed by atoms with Crippen LogP contribution in [-0.2, 0) is 4.79 Å². The summed E-state index contributed by atoms with van der Waals surface area (Å²) in [7, 11) is 0. The highest BCUT2D eigenvalue weighted by atomic mass is 32.1. The third-order valence-corrected chi connectivity index (χ3v) is 7.95. The summed E-state index contributed by atoms with van der Waals surface area (Å²) < 4.78 is 5.68. The van der Waals surface area contributed by atoms with E-state index in [0.717, 1.165) is 24.8 Å². The number of pyridine rings is 2. The second kappa shape index (κ2) is 10.3. The van der Waals surface area contributed by atoms with Crippen molar-refractivity contribution in [2.75, 3.05) is 10.2 Å². The molecule has 0 spiro atoms. The Bertz CT molecular complexity index is 1660. The molecule has 5 heterocycles. The van der Waals surface area contributed by atoms with Crippen LogP contribution in [-0.4, -0.2) is 50.1 Å². The molecule has 0 saturated heterocycles. The van der Waals surface area contributed by atoms with Crippen molar-refractivity contribution in [2.45, 2.75) is 38.3 Å². The monoisotopic (exact) mass is 556 g/mol. The zero-order valence-electron chi connectivity index (χ0n) is 21.4. The van der Waals surface area contributed by atoms with Crippen LogP contribution in [0.4, 0.5) is 21.9 Å².